The van der Waals surface area contributed by atoms with Gasteiger partial charge >= 0.3 is 0 Å². The highest BCUT2D eigenvalue weighted by atomic mass is 16.5. The van der Waals surface area contributed by atoms with E-state index in [1.165, 1.54) is 10.1 Å². The molecule has 0 atom stereocenters. The first kappa shape index (κ1) is 29.0. The second-order valence-electron chi connectivity index (χ2n) is 13.1. The van der Waals surface area contributed by atoms with Crippen molar-refractivity contribution >= 4 is 12.8 Å². The van der Waals surface area contributed by atoms with Crippen molar-refractivity contribution in [3.05, 3.63) is 0 Å². The van der Waals surface area contributed by atoms with E-state index in [0.29, 0.717) is 38.8 Å². The van der Waals surface area contributed by atoms with Crippen LogP contribution in [0.2, 0.25) is 0 Å². The molecule has 0 aromatic carbocycles. The molecule has 2 aliphatic rings. The van der Waals surface area contributed by atoms with Crippen LogP contribution in [0, 0.1) is 0 Å². The van der Waals surface area contributed by atoms with E-state index < -0.39 is 22.2 Å². The minimum Gasteiger partial charge on any atom is -0.342 e. The highest BCUT2D eigenvalue weighted by Crippen LogP contribution is 2.40. The van der Waals surface area contributed by atoms with E-state index in [2.05, 4.69) is 0 Å². The van der Waals surface area contributed by atoms with Gasteiger partial charge in [-0.3, -0.25) is 9.59 Å². The number of carbonyl (C=O) groups is 2. The molecule has 2 fully saturated rings. The quantitative estimate of drug-likeness (QED) is 0.328. The topological polar surface area (TPSA) is 86.9 Å². The number of rotatable bonds is 11. The average molecular weight is 481 g/mol. The maximum absolute atomic E-state index is 12.6. The van der Waals surface area contributed by atoms with Crippen molar-refractivity contribution in [3.63, 3.8) is 0 Å². The molecule has 8 heteroatoms. The van der Waals surface area contributed by atoms with Gasteiger partial charge in [0.2, 0.25) is 12.8 Å². The first-order valence-electron chi connectivity index (χ1n) is 12.9. The monoisotopic (exact) mass is 480 g/mol. The van der Waals surface area contributed by atoms with Gasteiger partial charge in [0.15, 0.2) is 0 Å². The summed E-state index contributed by atoms with van der Waals surface area (Å²) in [6.07, 6.45) is 8.40. The lowest BCUT2D eigenvalue weighted by atomic mass is 9.78. The molecule has 2 aliphatic heterocycles. The molecule has 2 saturated heterocycles. The average Bonchev–Trinajstić information content (AvgIpc) is 2.71. The summed E-state index contributed by atoms with van der Waals surface area (Å²) in [7, 11) is 0. The number of piperidine rings is 2. The largest absolute Gasteiger partial charge is 0.342 e. The van der Waals surface area contributed by atoms with Crippen LogP contribution in [0.15, 0.2) is 0 Å². The van der Waals surface area contributed by atoms with E-state index >= 15 is 0 Å². The van der Waals surface area contributed by atoms with Crippen LogP contribution in [0.4, 0.5) is 0 Å². The van der Waals surface area contributed by atoms with Crippen LogP contribution in [-0.2, 0) is 20.0 Å². The highest BCUT2D eigenvalue weighted by Gasteiger charge is 2.48. The molecule has 8 nitrogen and oxygen atoms in total. The fourth-order valence-electron chi connectivity index (χ4n) is 6.48. The standard InChI is InChI=1S/C26H48N4O4/c1-23(2)15-21(16-24(3,4)29(23)33)27(19-31)13-11-9-10-12-14-28(20-32)22-17-25(5,6)30(34)26(7,8)18-22/h19-22H,9-18H2,1-8H3. The van der Waals surface area contributed by atoms with E-state index in [-0.39, 0.29) is 12.1 Å². The van der Waals surface area contributed by atoms with Crippen molar-refractivity contribution in [2.24, 2.45) is 0 Å². The Morgan fingerprint density at radius 1 is 0.588 bits per heavy atom. The van der Waals surface area contributed by atoms with Crippen molar-refractivity contribution in [3.8, 4) is 0 Å². The van der Waals surface area contributed by atoms with E-state index in [1.807, 2.05) is 65.2 Å². The molecule has 0 bridgehead atoms. The van der Waals surface area contributed by atoms with Gasteiger partial charge in [0.05, 0.1) is 0 Å². The van der Waals surface area contributed by atoms with Crippen LogP contribution in [0.25, 0.3) is 0 Å². The summed E-state index contributed by atoms with van der Waals surface area (Å²) < 4.78 is 0. The molecule has 0 aliphatic carbocycles. The molecule has 196 valence electrons. The zero-order valence-electron chi connectivity index (χ0n) is 22.8. The number of unbranched alkanes of at least 4 members (excludes halogenated alkanes) is 3. The first-order chi connectivity index (χ1) is 15.6. The van der Waals surface area contributed by atoms with Gasteiger partial charge in [-0.05, 0) is 93.9 Å². The molecule has 0 unspecified atom stereocenters. The van der Waals surface area contributed by atoms with Crippen LogP contribution in [0.5, 0.6) is 0 Å². The van der Waals surface area contributed by atoms with Crippen molar-refractivity contribution in [1.29, 1.82) is 0 Å². The number of hydrogen-bond donors (Lipinski definition) is 0. The predicted molar refractivity (Wildman–Crippen MR) is 131 cm³/mol. The molecule has 2 amide bonds. The molecular weight excluding hydrogens is 432 g/mol. The Hall–Kier alpha value is -1.22. The Morgan fingerprint density at radius 2 is 0.853 bits per heavy atom. The Labute approximate surface area is 207 Å². The Morgan fingerprint density at radius 3 is 1.09 bits per heavy atom. The zero-order valence-corrected chi connectivity index (χ0v) is 22.8. The number of carbonyl (C=O) groups excluding carboxylic acids is 2. The van der Waals surface area contributed by atoms with E-state index in [0.717, 1.165) is 38.5 Å². The fraction of sp³-hybridized carbons (Fsp3) is 0.923. The summed E-state index contributed by atoms with van der Waals surface area (Å²) in [6, 6.07) is 0.161. The number of nitrogens with zero attached hydrogens (tertiary/aromatic N) is 4. The Kier molecular flexibility index (Phi) is 9.22. The van der Waals surface area contributed by atoms with Gasteiger partial charge in [0.25, 0.3) is 0 Å². The summed E-state index contributed by atoms with van der Waals surface area (Å²) >= 11 is 0. The minimum absolute atomic E-state index is 0.0804. The van der Waals surface area contributed by atoms with Crippen molar-refractivity contribution in [2.75, 3.05) is 13.1 Å². The van der Waals surface area contributed by atoms with Crippen LogP contribution in [0.3, 0.4) is 0 Å². The Balaban J connectivity index is 1.79. The Bertz CT molecular complexity index is 600. The van der Waals surface area contributed by atoms with Gasteiger partial charge in [-0.15, -0.1) is 20.5 Å². The van der Waals surface area contributed by atoms with Gasteiger partial charge in [0.1, 0.15) is 0 Å². The van der Waals surface area contributed by atoms with E-state index in [1.54, 1.807) is 0 Å². The van der Waals surface area contributed by atoms with Crippen LogP contribution in [0.1, 0.15) is 107 Å². The molecular formula is C26H48N4O4. The summed E-state index contributed by atoms with van der Waals surface area (Å²) in [5, 5.41) is 27.6. The van der Waals surface area contributed by atoms with Gasteiger partial charge in [-0.1, -0.05) is 12.8 Å². The smallest absolute Gasteiger partial charge is 0.209 e. The highest BCUT2D eigenvalue weighted by molar-refractivity contribution is 5.48. The van der Waals surface area contributed by atoms with Crippen molar-refractivity contribution < 1.29 is 20.0 Å². The molecule has 2 rings (SSSR count). The summed E-state index contributed by atoms with van der Waals surface area (Å²) in [6.45, 7) is 17.0. The van der Waals surface area contributed by atoms with Crippen molar-refractivity contribution in [1.82, 2.24) is 19.9 Å². The minimum atomic E-state index is -0.489. The molecule has 0 aromatic rings. The van der Waals surface area contributed by atoms with Gasteiger partial charge < -0.3 is 9.80 Å². The number of hydrogen-bond acceptors (Lipinski definition) is 4. The lowest BCUT2D eigenvalue weighted by Crippen LogP contribution is -2.62. The lowest BCUT2D eigenvalue weighted by Gasteiger charge is -2.51. The third kappa shape index (κ3) is 6.71. The molecule has 0 saturated carbocycles. The molecule has 0 N–H and O–H groups in total. The van der Waals surface area contributed by atoms with Gasteiger partial charge in [-0.2, -0.15) is 0 Å². The molecule has 2 heterocycles. The first-order valence-corrected chi connectivity index (χ1v) is 12.9. The van der Waals surface area contributed by atoms with E-state index in [4.69, 9.17) is 0 Å². The zero-order chi connectivity index (χ0) is 25.9. The number of hydroxylamine groups is 4. The maximum atomic E-state index is 12.6. The van der Waals surface area contributed by atoms with Crippen molar-refractivity contribution in [2.45, 2.75) is 141 Å². The SMILES string of the molecule is CC1(C)CC(N(C=O)CCCCCCN(C=O)C2CC(C)(C)N([O])C(C)(C)C2)CC(C)(C)N1[O]. The van der Waals surface area contributed by atoms with Crippen LogP contribution < -0.4 is 0 Å². The molecule has 2 radical (unpaired) electrons. The third-order valence-electron chi connectivity index (χ3n) is 7.93. The van der Waals surface area contributed by atoms with Gasteiger partial charge in [-0.25, -0.2) is 0 Å². The molecule has 0 aromatic heterocycles. The van der Waals surface area contributed by atoms with E-state index in [9.17, 15) is 20.0 Å². The summed E-state index contributed by atoms with van der Waals surface area (Å²) in [4.78, 5) is 27.4. The molecule has 0 spiro atoms. The summed E-state index contributed by atoms with van der Waals surface area (Å²) in [5.74, 6) is 0. The maximum Gasteiger partial charge on any atom is 0.209 e. The molecule has 34 heavy (non-hydrogen) atoms. The normalized spacial score (nSPS) is 25.1. The number of amides is 2. The van der Waals surface area contributed by atoms with Crippen LogP contribution in [-0.4, -0.2) is 80.1 Å². The summed E-state index contributed by atoms with van der Waals surface area (Å²) in [5.41, 5.74) is -1.96. The lowest BCUT2D eigenvalue weighted by molar-refractivity contribution is -0.293. The second-order valence-corrected chi connectivity index (χ2v) is 13.1. The van der Waals surface area contributed by atoms with Crippen LogP contribution >= 0.6 is 0 Å². The van der Waals surface area contributed by atoms with Gasteiger partial charge in [0, 0.05) is 47.3 Å². The predicted octanol–water partition coefficient (Wildman–Crippen LogP) is 4.20. The third-order valence-corrected chi connectivity index (χ3v) is 7.93. The second kappa shape index (κ2) is 10.8. The fourth-order valence-corrected chi connectivity index (χ4v) is 6.48.